The first-order valence-electron chi connectivity index (χ1n) is 6.85. The number of carbonyl (C=O) groups excluding carboxylic acids is 1. The van der Waals surface area contributed by atoms with Crippen molar-refractivity contribution in [2.45, 2.75) is 31.3 Å². The first-order chi connectivity index (χ1) is 10.8. The van der Waals surface area contributed by atoms with Gasteiger partial charge in [0.1, 0.15) is 12.1 Å². The number of guanidine groups is 1. The minimum absolute atomic E-state index is 0.0405. The summed E-state index contributed by atoms with van der Waals surface area (Å²) in [4.78, 5) is 34.1. The lowest BCUT2D eigenvalue weighted by Gasteiger charge is -2.22. The molecule has 0 aliphatic rings. The van der Waals surface area contributed by atoms with Gasteiger partial charge < -0.3 is 32.1 Å². The molecule has 0 fully saturated rings. The van der Waals surface area contributed by atoms with Crippen molar-refractivity contribution in [2.24, 2.45) is 17.2 Å². The van der Waals surface area contributed by atoms with Crippen molar-refractivity contribution in [1.82, 2.24) is 15.0 Å². The lowest BCUT2D eigenvalue weighted by atomic mass is 10.2. The van der Waals surface area contributed by atoms with Gasteiger partial charge >= 0.3 is 11.9 Å². The number of carboxylic acid groups (broad SMARTS) is 1. The van der Waals surface area contributed by atoms with E-state index in [0.29, 0.717) is 5.69 Å². The fourth-order valence-corrected chi connectivity index (χ4v) is 1.69. The molecule has 1 heterocycles. The van der Waals surface area contributed by atoms with Crippen LogP contribution in [0.25, 0.3) is 0 Å². The molecule has 0 amide bonds. The molecule has 0 aliphatic heterocycles. The van der Waals surface area contributed by atoms with Crippen molar-refractivity contribution in [3.05, 3.63) is 18.2 Å². The number of hydrogen-bond donors (Lipinski definition) is 6. The third kappa shape index (κ3) is 6.32. The van der Waals surface area contributed by atoms with E-state index >= 15 is 0 Å². The Morgan fingerprint density at radius 3 is 2.65 bits per heavy atom. The lowest BCUT2D eigenvalue weighted by molar-refractivity contribution is -0.175. The monoisotopic (exact) mass is 327 g/mol. The summed E-state index contributed by atoms with van der Waals surface area (Å²) in [6.45, 7) is 0.0405. The van der Waals surface area contributed by atoms with Crippen LogP contribution in [0.4, 0.5) is 0 Å². The molecule has 1 aromatic heterocycles. The van der Waals surface area contributed by atoms with Crippen LogP contribution in [0.15, 0.2) is 12.5 Å². The van der Waals surface area contributed by atoms with Gasteiger partial charge in [0.05, 0.1) is 12.9 Å². The zero-order valence-corrected chi connectivity index (χ0v) is 12.4. The molecule has 0 spiro atoms. The Hall–Kier alpha value is -2.66. The lowest BCUT2D eigenvalue weighted by Crippen LogP contribution is -2.44. The molecule has 0 saturated heterocycles. The number of hydrogen-bond acceptors (Lipinski definition) is 7. The summed E-state index contributed by atoms with van der Waals surface area (Å²) in [6, 6.07) is -1.99. The van der Waals surface area contributed by atoms with Crippen LogP contribution in [0.3, 0.4) is 0 Å². The number of nitrogens with two attached hydrogens (primary N) is 3. The molecule has 1 rings (SSSR count). The van der Waals surface area contributed by atoms with Crippen LogP contribution in [-0.2, 0) is 20.8 Å². The van der Waals surface area contributed by atoms with Gasteiger partial charge in [-0.25, -0.2) is 9.78 Å². The molecule has 23 heavy (non-hydrogen) atoms. The summed E-state index contributed by atoms with van der Waals surface area (Å²) in [5, 5.41) is 16.9. The number of aromatic amines is 1. The van der Waals surface area contributed by atoms with Crippen LogP contribution in [0, 0.1) is 5.41 Å². The Kier molecular flexibility index (Phi) is 6.96. The van der Waals surface area contributed by atoms with Crippen LogP contribution in [-0.4, -0.2) is 56.7 Å². The highest BCUT2D eigenvalue weighted by molar-refractivity contribution is 5.79. The quantitative estimate of drug-likeness (QED) is 0.180. The van der Waals surface area contributed by atoms with Crippen molar-refractivity contribution in [2.75, 3.05) is 6.54 Å². The van der Waals surface area contributed by atoms with Gasteiger partial charge in [-0.1, -0.05) is 0 Å². The summed E-state index contributed by atoms with van der Waals surface area (Å²) in [6.07, 6.45) is 3.60. The molecule has 2 atom stereocenters. The molecule has 0 saturated carbocycles. The van der Waals surface area contributed by atoms with Crippen LogP contribution in [0.2, 0.25) is 0 Å². The SMILES string of the molecule is N=C(N)N(CCCC(N)C(=O)O)OC(=O)C(N)Cc1cnc[nH]1. The molecule has 11 heteroatoms. The van der Waals surface area contributed by atoms with E-state index in [1.54, 1.807) is 0 Å². The predicted octanol–water partition coefficient (Wildman–Crippen LogP) is -1.87. The van der Waals surface area contributed by atoms with Gasteiger partial charge in [-0.3, -0.25) is 10.2 Å². The number of hydroxylamine groups is 2. The highest BCUT2D eigenvalue weighted by Crippen LogP contribution is 2.03. The fraction of sp³-hybridized carbons (Fsp3) is 0.500. The highest BCUT2D eigenvalue weighted by Gasteiger charge is 2.21. The molecular weight excluding hydrogens is 306 g/mol. The Balaban J connectivity index is 2.46. The minimum Gasteiger partial charge on any atom is -0.480 e. The smallest absolute Gasteiger partial charge is 0.349 e. The zero-order valence-electron chi connectivity index (χ0n) is 12.4. The van der Waals surface area contributed by atoms with Crippen molar-refractivity contribution >= 4 is 17.9 Å². The molecular formula is C12H21N7O4. The van der Waals surface area contributed by atoms with E-state index in [0.717, 1.165) is 5.06 Å². The topological polar surface area (TPSA) is 197 Å². The van der Waals surface area contributed by atoms with E-state index in [2.05, 4.69) is 9.97 Å². The van der Waals surface area contributed by atoms with Gasteiger partial charge in [-0.05, 0) is 12.8 Å². The Morgan fingerprint density at radius 2 is 2.13 bits per heavy atom. The first-order valence-corrected chi connectivity index (χ1v) is 6.85. The fourth-order valence-electron chi connectivity index (χ4n) is 1.69. The third-order valence-corrected chi connectivity index (χ3v) is 2.96. The van der Waals surface area contributed by atoms with Crippen molar-refractivity contribution in [3.63, 3.8) is 0 Å². The summed E-state index contributed by atoms with van der Waals surface area (Å²) in [7, 11) is 0. The normalized spacial score (nSPS) is 13.1. The average Bonchev–Trinajstić information content (AvgIpc) is 2.98. The van der Waals surface area contributed by atoms with Crippen molar-refractivity contribution < 1.29 is 19.5 Å². The maximum Gasteiger partial charge on any atom is 0.349 e. The van der Waals surface area contributed by atoms with Gasteiger partial charge in [0.25, 0.3) is 0 Å². The predicted molar refractivity (Wildman–Crippen MR) is 79.8 cm³/mol. The minimum atomic E-state index is -1.13. The van der Waals surface area contributed by atoms with Gasteiger partial charge in [-0.2, -0.15) is 5.06 Å². The Labute approximate surface area is 132 Å². The second-order valence-electron chi connectivity index (χ2n) is 4.87. The van der Waals surface area contributed by atoms with E-state index in [-0.39, 0.29) is 25.8 Å². The van der Waals surface area contributed by atoms with E-state index in [1.807, 2.05) is 0 Å². The van der Waals surface area contributed by atoms with E-state index < -0.39 is 30.0 Å². The highest BCUT2D eigenvalue weighted by atomic mass is 16.7. The van der Waals surface area contributed by atoms with Crippen molar-refractivity contribution in [1.29, 1.82) is 5.41 Å². The second-order valence-corrected chi connectivity index (χ2v) is 4.87. The number of H-pyrrole nitrogens is 1. The number of imidazole rings is 1. The summed E-state index contributed by atoms with van der Waals surface area (Å²) >= 11 is 0. The zero-order chi connectivity index (χ0) is 17.4. The summed E-state index contributed by atoms with van der Waals surface area (Å²) in [5.41, 5.74) is 17.1. The number of rotatable bonds is 8. The van der Waals surface area contributed by atoms with E-state index in [9.17, 15) is 9.59 Å². The van der Waals surface area contributed by atoms with Crippen LogP contribution < -0.4 is 17.2 Å². The summed E-state index contributed by atoms with van der Waals surface area (Å²) < 4.78 is 0. The molecule has 9 N–H and O–H groups in total. The van der Waals surface area contributed by atoms with Gasteiger partial charge in [0, 0.05) is 18.3 Å². The molecule has 128 valence electrons. The molecule has 0 aromatic carbocycles. The Bertz CT molecular complexity index is 534. The second kappa shape index (κ2) is 8.70. The van der Waals surface area contributed by atoms with E-state index in [1.165, 1.54) is 12.5 Å². The third-order valence-electron chi connectivity index (χ3n) is 2.96. The standard InChI is InChI=1S/C12H21N7O4/c13-8(10(20)21)2-1-3-19(12(15)16)23-11(22)9(14)4-7-5-17-6-18-7/h5-6,8-9H,1-4,13-14H2,(H3,15,16)(H,17,18)(H,20,21). The molecule has 11 nitrogen and oxygen atoms in total. The van der Waals surface area contributed by atoms with Crippen molar-refractivity contribution in [3.8, 4) is 0 Å². The average molecular weight is 327 g/mol. The number of aliphatic carboxylic acids is 1. The van der Waals surface area contributed by atoms with Gasteiger partial charge in [-0.15, -0.1) is 0 Å². The molecule has 1 aromatic rings. The Morgan fingerprint density at radius 1 is 1.43 bits per heavy atom. The summed E-state index contributed by atoms with van der Waals surface area (Å²) in [5.74, 6) is -2.38. The molecule has 0 bridgehead atoms. The van der Waals surface area contributed by atoms with E-state index in [4.69, 9.17) is 32.6 Å². The number of aromatic nitrogens is 2. The van der Waals surface area contributed by atoms with Crippen LogP contribution in [0.1, 0.15) is 18.5 Å². The first kappa shape index (κ1) is 18.4. The molecule has 2 unspecified atom stereocenters. The largest absolute Gasteiger partial charge is 0.480 e. The van der Waals surface area contributed by atoms with Crippen LogP contribution >= 0.6 is 0 Å². The maximum absolute atomic E-state index is 11.9. The number of carbonyl (C=O) groups is 2. The maximum atomic E-state index is 11.9. The number of nitrogens with zero attached hydrogens (tertiary/aromatic N) is 2. The number of carboxylic acids is 1. The van der Waals surface area contributed by atoms with Gasteiger partial charge in [0.15, 0.2) is 0 Å². The van der Waals surface area contributed by atoms with Gasteiger partial charge in [0.2, 0.25) is 5.96 Å². The molecule has 0 aliphatic carbocycles. The van der Waals surface area contributed by atoms with Crippen LogP contribution in [0.5, 0.6) is 0 Å². The molecule has 0 radical (unpaired) electrons. The number of nitrogens with one attached hydrogen (secondary N) is 2.